The Labute approximate surface area is 109 Å². The summed E-state index contributed by atoms with van der Waals surface area (Å²) in [5, 5.41) is 6.04. The summed E-state index contributed by atoms with van der Waals surface area (Å²) in [6.45, 7) is -0.957. The van der Waals surface area contributed by atoms with Crippen LogP contribution in [0.15, 0.2) is 18.7 Å². The molecule has 0 aliphatic heterocycles. The van der Waals surface area contributed by atoms with Crippen molar-refractivity contribution in [2.45, 2.75) is 11.6 Å². The minimum Gasteiger partial charge on any atom is -0.366 e. The second kappa shape index (κ2) is 5.38. The number of rotatable bonds is 4. The van der Waals surface area contributed by atoms with E-state index in [1.165, 1.54) is 12.4 Å². The van der Waals surface area contributed by atoms with Gasteiger partial charge in [-0.1, -0.05) is 0 Å². The SMILES string of the molecule is O=P(O)(O)C(O)(Cn1ccnc1)P(=O)(O)O.[Zn]. The van der Waals surface area contributed by atoms with Gasteiger partial charge in [-0.2, -0.15) is 0 Å². The quantitative estimate of drug-likeness (QED) is 0.342. The van der Waals surface area contributed by atoms with Crippen molar-refractivity contribution in [3.8, 4) is 0 Å². The predicted octanol–water partition coefficient (Wildman–Crippen LogP) is -1.12. The first kappa shape index (κ1) is 17.1. The summed E-state index contributed by atoms with van der Waals surface area (Å²) in [4.78, 5) is 38.7. The van der Waals surface area contributed by atoms with Crippen molar-refractivity contribution in [1.29, 1.82) is 0 Å². The van der Waals surface area contributed by atoms with E-state index in [0.29, 0.717) is 0 Å². The Kier molecular flexibility index (Phi) is 5.41. The number of aliphatic hydroxyl groups is 1. The van der Waals surface area contributed by atoms with Crippen LogP contribution >= 0.6 is 15.2 Å². The maximum atomic E-state index is 10.9. The largest absolute Gasteiger partial charge is 0.371 e. The van der Waals surface area contributed by atoms with Crippen molar-refractivity contribution in [1.82, 2.24) is 9.55 Å². The Morgan fingerprint density at radius 1 is 1.18 bits per heavy atom. The Bertz CT molecular complexity index is 429. The van der Waals surface area contributed by atoms with Crippen molar-refractivity contribution in [2.75, 3.05) is 0 Å². The minimum absolute atomic E-state index is 0. The molecule has 1 aromatic rings. The number of aromatic nitrogens is 2. The second-order valence-corrected chi connectivity index (χ2v) is 7.11. The van der Waals surface area contributed by atoms with E-state index >= 15 is 0 Å². The number of hydrogen-bond acceptors (Lipinski definition) is 4. The average Bonchev–Trinajstić information content (AvgIpc) is 2.52. The van der Waals surface area contributed by atoms with Crippen LogP contribution in [0.2, 0.25) is 0 Å². The van der Waals surface area contributed by atoms with Crippen molar-refractivity contribution in [3.05, 3.63) is 18.7 Å². The summed E-state index contributed by atoms with van der Waals surface area (Å²) >= 11 is 0. The van der Waals surface area contributed by atoms with Crippen LogP contribution in [0.25, 0.3) is 0 Å². The van der Waals surface area contributed by atoms with E-state index in [4.69, 9.17) is 19.6 Å². The van der Waals surface area contributed by atoms with E-state index in [-0.39, 0.29) is 19.5 Å². The van der Waals surface area contributed by atoms with Gasteiger partial charge >= 0.3 is 15.2 Å². The van der Waals surface area contributed by atoms with Crippen LogP contribution in [-0.4, -0.2) is 39.3 Å². The summed E-state index contributed by atoms with van der Waals surface area (Å²) < 4.78 is 22.8. The zero-order chi connectivity index (χ0) is 12.6. The van der Waals surface area contributed by atoms with Gasteiger partial charge in [-0.15, -0.1) is 0 Å². The molecule has 0 unspecified atom stereocenters. The molecular weight excluding hydrogens is 327 g/mol. The molecule has 0 aliphatic rings. The molecule has 0 saturated heterocycles. The first-order valence-electron chi connectivity index (χ1n) is 3.87. The molecule has 0 fully saturated rings. The fourth-order valence-corrected chi connectivity index (χ4v) is 3.03. The molecule has 1 aromatic heterocycles. The van der Waals surface area contributed by atoms with Gasteiger partial charge in [0.15, 0.2) is 0 Å². The number of imidazole rings is 1. The molecule has 94 valence electrons. The van der Waals surface area contributed by atoms with Crippen molar-refractivity contribution in [3.63, 3.8) is 0 Å². The molecule has 0 spiro atoms. The van der Waals surface area contributed by atoms with Crippen LogP contribution in [0, 0.1) is 0 Å². The van der Waals surface area contributed by atoms with Crippen molar-refractivity contribution in [2.24, 2.45) is 0 Å². The zero-order valence-electron chi connectivity index (χ0n) is 8.49. The van der Waals surface area contributed by atoms with Gasteiger partial charge in [-0.3, -0.25) is 9.13 Å². The summed E-state index contributed by atoms with van der Waals surface area (Å²) in [6.07, 6.45) is 3.51. The third-order valence-electron chi connectivity index (χ3n) is 1.89. The predicted molar refractivity (Wildman–Crippen MR) is 51.3 cm³/mol. The van der Waals surface area contributed by atoms with Crippen LogP contribution in [0.4, 0.5) is 0 Å². The fraction of sp³-hybridized carbons (Fsp3) is 0.400. The van der Waals surface area contributed by atoms with Gasteiger partial charge < -0.3 is 29.2 Å². The first-order chi connectivity index (χ1) is 7.08. The first-order valence-corrected chi connectivity index (χ1v) is 7.10. The molecule has 0 aliphatic carbocycles. The fourth-order valence-electron chi connectivity index (χ4n) is 0.979. The third-order valence-corrected chi connectivity index (χ3v) is 5.60. The molecule has 9 nitrogen and oxygen atoms in total. The van der Waals surface area contributed by atoms with E-state index in [2.05, 4.69) is 4.98 Å². The Balaban J connectivity index is 0.00000256. The van der Waals surface area contributed by atoms with Crippen molar-refractivity contribution < 1.29 is 53.3 Å². The minimum atomic E-state index is -5.41. The van der Waals surface area contributed by atoms with Crippen LogP contribution in [-0.2, 0) is 35.2 Å². The van der Waals surface area contributed by atoms with Gasteiger partial charge in [-0.05, 0) is 0 Å². The summed E-state index contributed by atoms with van der Waals surface area (Å²) in [6, 6.07) is 0. The Hall–Kier alpha value is 0.0934. The Morgan fingerprint density at radius 3 is 1.94 bits per heavy atom. The number of hydrogen-bond donors (Lipinski definition) is 5. The maximum Gasteiger partial charge on any atom is 0.371 e. The maximum absolute atomic E-state index is 10.9. The molecule has 1 heterocycles. The van der Waals surface area contributed by atoms with E-state index in [9.17, 15) is 14.2 Å². The normalized spacial score (nSPS) is 13.2. The van der Waals surface area contributed by atoms with Gasteiger partial charge in [0.25, 0.3) is 5.08 Å². The third kappa shape index (κ3) is 3.53. The molecule has 0 saturated carbocycles. The van der Waals surface area contributed by atoms with Crippen LogP contribution in [0.5, 0.6) is 0 Å². The van der Waals surface area contributed by atoms with E-state index in [1.54, 1.807) is 0 Å². The van der Waals surface area contributed by atoms with Crippen LogP contribution < -0.4 is 0 Å². The summed E-state index contributed by atoms with van der Waals surface area (Å²) in [5.41, 5.74) is 0. The molecule has 0 bridgehead atoms. The molecule has 0 aromatic carbocycles. The smallest absolute Gasteiger partial charge is 0.366 e. The molecule has 0 amide bonds. The molecule has 1 rings (SSSR count). The van der Waals surface area contributed by atoms with Crippen molar-refractivity contribution >= 4 is 15.2 Å². The summed E-state index contributed by atoms with van der Waals surface area (Å²) in [5.74, 6) is 0. The monoisotopic (exact) mass is 336 g/mol. The molecule has 0 radical (unpaired) electrons. The van der Waals surface area contributed by atoms with E-state index in [0.717, 1.165) is 10.9 Å². The van der Waals surface area contributed by atoms with Gasteiger partial charge in [0.1, 0.15) is 0 Å². The molecule has 12 heteroatoms. The zero-order valence-corrected chi connectivity index (χ0v) is 13.2. The molecule has 17 heavy (non-hydrogen) atoms. The van der Waals surface area contributed by atoms with Gasteiger partial charge in [0, 0.05) is 31.9 Å². The topological polar surface area (TPSA) is 153 Å². The summed E-state index contributed by atoms with van der Waals surface area (Å²) in [7, 11) is -10.8. The Morgan fingerprint density at radius 2 is 1.65 bits per heavy atom. The standard InChI is InChI=1S/C5H10N2O7P2.Zn/c8-5(15(9,10)11,16(12,13)14)3-7-2-1-6-4-7;/h1-2,4,8H,3H2,(H2,9,10,11)(H2,12,13,14);. The second-order valence-electron chi connectivity index (χ2n) is 3.10. The van der Waals surface area contributed by atoms with Crippen LogP contribution in [0.1, 0.15) is 0 Å². The molecule has 5 N–H and O–H groups in total. The van der Waals surface area contributed by atoms with E-state index in [1.807, 2.05) is 0 Å². The van der Waals surface area contributed by atoms with Gasteiger partial charge in [0.05, 0.1) is 12.9 Å². The molecule has 0 atom stereocenters. The average molecular weight is 337 g/mol. The van der Waals surface area contributed by atoms with Crippen LogP contribution in [0.3, 0.4) is 0 Å². The molecular formula is C5H10N2O7P2Zn. The van der Waals surface area contributed by atoms with Gasteiger partial charge in [-0.25, -0.2) is 4.98 Å². The van der Waals surface area contributed by atoms with E-state index < -0.39 is 26.8 Å². The van der Waals surface area contributed by atoms with Gasteiger partial charge in [0.2, 0.25) is 0 Å². The number of nitrogens with zero attached hydrogens (tertiary/aromatic N) is 2.